The molecule has 0 amide bonds. The highest BCUT2D eigenvalue weighted by atomic mass is 79.9. The highest BCUT2D eigenvalue weighted by molar-refractivity contribution is 9.12. The molecule has 0 radical (unpaired) electrons. The van der Waals surface area contributed by atoms with Crippen molar-refractivity contribution >= 4 is 39.6 Å². The highest BCUT2D eigenvalue weighted by Gasteiger charge is 2.20. The van der Waals surface area contributed by atoms with Crippen molar-refractivity contribution < 1.29 is 24.0 Å². The van der Waals surface area contributed by atoms with E-state index in [1.54, 1.807) is 13.8 Å². The predicted molar refractivity (Wildman–Crippen MR) is 80.4 cm³/mol. The first kappa shape index (κ1) is 17.8. The Kier molecular flexibility index (Phi) is 6.64. The fraction of sp³-hybridized carbons (Fsp3) is 0.308. The van der Waals surface area contributed by atoms with Gasteiger partial charge in [0.2, 0.25) is 0 Å². The average molecular weight is 373 g/mol. The van der Waals surface area contributed by atoms with E-state index in [1.807, 2.05) is 0 Å². The maximum atomic E-state index is 11.6. The van der Waals surface area contributed by atoms with Gasteiger partial charge in [0.05, 0.1) is 23.7 Å². The Labute approximate surface area is 134 Å². The van der Waals surface area contributed by atoms with Crippen LogP contribution in [0.4, 0.5) is 5.69 Å². The first-order valence-corrected chi connectivity index (χ1v) is 7.05. The Morgan fingerprint density at radius 3 is 2.55 bits per heavy atom. The number of hydrogen-bond donors (Lipinski definition) is 0. The number of pyridine rings is 1. The number of esters is 2. The van der Waals surface area contributed by atoms with Gasteiger partial charge in [-0.05, 0) is 35.9 Å². The molecule has 0 saturated heterocycles. The van der Waals surface area contributed by atoms with Gasteiger partial charge in [0.1, 0.15) is 10.2 Å². The molecular weight excluding hydrogens is 360 g/mol. The van der Waals surface area contributed by atoms with Crippen LogP contribution < -0.4 is 0 Å². The number of halogens is 1. The van der Waals surface area contributed by atoms with Crippen LogP contribution in [-0.4, -0.2) is 35.1 Å². The normalized spacial score (nSPS) is 11.0. The molecule has 0 spiro atoms. The number of aromatic nitrogens is 1. The Balaban J connectivity index is 3.21. The van der Waals surface area contributed by atoms with Gasteiger partial charge in [0.15, 0.2) is 0 Å². The van der Waals surface area contributed by atoms with Crippen molar-refractivity contribution in [2.45, 2.75) is 13.8 Å². The summed E-state index contributed by atoms with van der Waals surface area (Å²) >= 11 is 2.97. The number of rotatable bonds is 6. The van der Waals surface area contributed by atoms with Crippen molar-refractivity contribution in [3.8, 4) is 0 Å². The van der Waals surface area contributed by atoms with Gasteiger partial charge in [-0.2, -0.15) is 0 Å². The van der Waals surface area contributed by atoms with Crippen LogP contribution in [0, 0.1) is 10.1 Å². The van der Waals surface area contributed by atoms with Crippen molar-refractivity contribution in [3.63, 3.8) is 0 Å². The van der Waals surface area contributed by atoms with Crippen LogP contribution in [0.15, 0.2) is 16.7 Å². The maximum Gasteiger partial charge on any atom is 0.345 e. The molecule has 0 unspecified atom stereocenters. The summed E-state index contributed by atoms with van der Waals surface area (Å²) in [5, 5.41) is 11.1. The summed E-state index contributed by atoms with van der Waals surface area (Å²) in [6, 6.07) is 1.04. The van der Waals surface area contributed by atoms with Crippen LogP contribution in [0.3, 0.4) is 0 Å². The summed E-state index contributed by atoms with van der Waals surface area (Å²) < 4.78 is 9.48. The molecule has 0 aliphatic rings. The third kappa shape index (κ3) is 4.62. The van der Waals surface area contributed by atoms with E-state index in [1.165, 1.54) is 0 Å². The van der Waals surface area contributed by atoms with E-state index in [-0.39, 0.29) is 29.0 Å². The molecule has 22 heavy (non-hydrogen) atoms. The van der Waals surface area contributed by atoms with Crippen LogP contribution in [0.5, 0.6) is 0 Å². The molecule has 118 valence electrons. The fourth-order valence-corrected chi connectivity index (χ4v) is 1.76. The summed E-state index contributed by atoms with van der Waals surface area (Å²) in [5.74, 6) is -1.38. The van der Waals surface area contributed by atoms with Gasteiger partial charge in [-0.25, -0.2) is 14.6 Å². The van der Waals surface area contributed by atoms with Crippen molar-refractivity contribution in [3.05, 3.63) is 38.1 Å². The van der Waals surface area contributed by atoms with Gasteiger partial charge in [-0.15, -0.1) is 0 Å². The number of ether oxygens (including phenoxy) is 2. The smallest absolute Gasteiger partial charge is 0.345 e. The average Bonchev–Trinajstić information content (AvgIpc) is 2.47. The van der Waals surface area contributed by atoms with Crippen molar-refractivity contribution in [2.75, 3.05) is 13.2 Å². The third-order valence-electron chi connectivity index (χ3n) is 2.34. The molecule has 0 aliphatic heterocycles. The quantitative estimate of drug-likeness (QED) is 0.326. The largest absolute Gasteiger partial charge is 0.462 e. The second kappa shape index (κ2) is 8.23. The number of nitro groups is 1. The maximum absolute atomic E-state index is 11.6. The number of carbonyl (C=O) groups excluding carboxylic acids is 2. The molecule has 0 aromatic carbocycles. The SMILES string of the molecule is CCOC(=O)C(Br)=Cc1ncc(C(=O)OCC)cc1[N+](=O)[O-]. The molecule has 0 saturated carbocycles. The molecular formula is C13H13BrN2O6. The Hall–Kier alpha value is -2.29. The van der Waals surface area contributed by atoms with E-state index in [2.05, 4.69) is 20.9 Å². The Bertz CT molecular complexity index is 629. The summed E-state index contributed by atoms with van der Waals surface area (Å²) in [7, 11) is 0. The van der Waals surface area contributed by atoms with E-state index in [9.17, 15) is 19.7 Å². The molecule has 0 aliphatic carbocycles. The van der Waals surface area contributed by atoms with E-state index >= 15 is 0 Å². The van der Waals surface area contributed by atoms with Crippen LogP contribution in [0.2, 0.25) is 0 Å². The lowest BCUT2D eigenvalue weighted by Crippen LogP contribution is -2.07. The van der Waals surface area contributed by atoms with Crippen LogP contribution in [0.1, 0.15) is 29.9 Å². The summed E-state index contributed by atoms with van der Waals surface area (Å²) in [4.78, 5) is 37.3. The van der Waals surface area contributed by atoms with Crippen molar-refractivity contribution in [1.29, 1.82) is 0 Å². The van der Waals surface area contributed by atoms with Gasteiger partial charge in [-0.3, -0.25) is 10.1 Å². The molecule has 0 N–H and O–H groups in total. The van der Waals surface area contributed by atoms with Crippen LogP contribution in [-0.2, 0) is 14.3 Å². The minimum Gasteiger partial charge on any atom is -0.462 e. The van der Waals surface area contributed by atoms with Gasteiger partial charge in [0.25, 0.3) is 5.69 Å². The van der Waals surface area contributed by atoms with Gasteiger partial charge < -0.3 is 9.47 Å². The molecule has 0 atom stereocenters. The Morgan fingerprint density at radius 2 is 2.00 bits per heavy atom. The van der Waals surface area contributed by atoms with Crippen LogP contribution in [0.25, 0.3) is 6.08 Å². The second-order valence-corrected chi connectivity index (χ2v) is 4.67. The lowest BCUT2D eigenvalue weighted by molar-refractivity contribution is -0.385. The fourth-order valence-electron chi connectivity index (χ4n) is 1.43. The molecule has 9 heteroatoms. The zero-order valence-corrected chi connectivity index (χ0v) is 13.5. The first-order chi connectivity index (χ1) is 10.4. The minimum atomic E-state index is -0.710. The highest BCUT2D eigenvalue weighted by Crippen LogP contribution is 2.23. The van der Waals surface area contributed by atoms with Crippen molar-refractivity contribution in [1.82, 2.24) is 4.98 Å². The summed E-state index contributed by atoms with van der Waals surface area (Å²) in [6.07, 6.45) is 2.30. The van der Waals surface area contributed by atoms with Gasteiger partial charge in [0, 0.05) is 12.3 Å². The predicted octanol–water partition coefficient (Wildman–Crippen LogP) is 2.47. The number of hydrogen-bond acceptors (Lipinski definition) is 7. The second-order valence-electron chi connectivity index (χ2n) is 3.82. The zero-order chi connectivity index (χ0) is 16.7. The lowest BCUT2D eigenvalue weighted by atomic mass is 10.2. The summed E-state index contributed by atoms with van der Waals surface area (Å²) in [6.45, 7) is 3.56. The zero-order valence-electron chi connectivity index (χ0n) is 11.9. The Morgan fingerprint density at radius 1 is 1.36 bits per heavy atom. The van der Waals surface area contributed by atoms with E-state index in [4.69, 9.17) is 9.47 Å². The van der Waals surface area contributed by atoms with Crippen molar-refractivity contribution in [2.24, 2.45) is 0 Å². The molecule has 1 aromatic heterocycles. The van der Waals surface area contributed by atoms with Gasteiger partial charge in [-0.1, -0.05) is 0 Å². The third-order valence-corrected chi connectivity index (χ3v) is 2.89. The summed E-state index contributed by atoms with van der Waals surface area (Å²) in [5.41, 5.74) is -0.553. The van der Waals surface area contributed by atoms with Crippen LogP contribution >= 0.6 is 15.9 Å². The lowest BCUT2D eigenvalue weighted by Gasteiger charge is -2.04. The molecule has 8 nitrogen and oxygen atoms in total. The molecule has 1 heterocycles. The topological polar surface area (TPSA) is 109 Å². The molecule has 0 fully saturated rings. The monoisotopic (exact) mass is 372 g/mol. The number of nitrogens with zero attached hydrogens (tertiary/aromatic N) is 2. The molecule has 1 aromatic rings. The van der Waals surface area contributed by atoms with E-state index < -0.39 is 22.5 Å². The minimum absolute atomic E-state index is 0.0196. The van der Waals surface area contributed by atoms with Gasteiger partial charge >= 0.3 is 11.9 Å². The van der Waals surface area contributed by atoms with E-state index in [0.29, 0.717) is 0 Å². The standard InChI is InChI=1S/C13H13BrN2O6/c1-3-21-12(17)8-5-11(16(19)20)10(15-7-8)6-9(14)13(18)22-4-2/h5-7H,3-4H2,1-2H3. The molecule has 0 bridgehead atoms. The molecule has 1 rings (SSSR count). The number of carbonyl (C=O) groups is 2. The van der Waals surface area contributed by atoms with E-state index in [0.717, 1.165) is 18.3 Å². The first-order valence-electron chi connectivity index (χ1n) is 6.26.